The standard InChI is InChI=1S/C20H41N5O/c1-4-21-19(22-12-9-17-26-5-2)23-18-20(10-15-24(3)16-11-20)25-13-7-6-8-14-25/h4-18H2,1-3H3,(H2,21,22,23). The number of guanidine groups is 1. The third-order valence-corrected chi connectivity index (χ3v) is 5.78. The molecule has 2 heterocycles. The van der Waals surface area contributed by atoms with Gasteiger partial charge in [0.15, 0.2) is 5.96 Å². The Kier molecular flexibility index (Phi) is 9.72. The van der Waals surface area contributed by atoms with Gasteiger partial charge in [0.05, 0.1) is 6.54 Å². The maximum atomic E-state index is 5.42. The highest BCUT2D eigenvalue weighted by atomic mass is 16.5. The molecule has 0 aromatic rings. The molecule has 2 saturated heterocycles. The monoisotopic (exact) mass is 367 g/mol. The molecule has 0 unspecified atom stereocenters. The smallest absolute Gasteiger partial charge is 0.191 e. The van der Waals surface area contributed by atoms with E-state index in [0.29, 0.717) is 0 Å². The number of piperidine rings is 2. The van der Waals surface area contributed by atoms with Crippen molar-refractivity contribution in [3.63, 3.8) is 0 Å². The van der Waals surface area contributed by atoms with Crippen LogP contribution < -0.4 is 10.6 Å². The summed E-state index contributed by atoms with van der Waals surface area (Å²) in [7, 11) is 2.24. The Labute approximate surface area is 160 Å². The quantitative estimate of drug-likeness (QED) is 0.370. The fourth-order valence-electron chi connectivity index (χ4n) is 4.07. The second-order valence-corrected chi connectivity index (χ2v) is 7.75. The topological polar surface area (TPSA) is 52.1 Å². The van der Waals surface area contributed by atoms with Crippen LogP contribution >= 0.6 is 0 Å². The highest BCUT2D eigenvalue weighted by Crippen LogP contribution is 2.31. The molecule has 2 aliphatic rings. The normalized spacial score (nSPS) is 22.3. The van der Waals surface area contributed by atoms with Gasteiger partial charge in [-0.15, -0.1) is 0 Å². The number of likely N-dealkylation sites (tertiary alicyclic amines) is 2. The van der Waals surface area contributed by atoms with E-state index in [1.807, 2.05) is 6.92 Å². The summed E-state index contributed by atoms with van der Waals surface area (Å²) in [5.41, 5.74) is 0.251. The molecule has 0 aromatic heterocycles. The predicted molar refractivity (Wildman–Crippen MR) is 110 cm³/mol. The van der Waals surface area contributed by atoms with E-state index >= 15 is 0 Å². The van der Waals surface area contributed by atoms with Crippen LogP contribution in [0.2, 0.25) is 0 Å². The van der Waals surface area contributed by atoms with Gasteiger partial charge in [0, 0.05) is 31.8 Å². The van der Waals surface area contributed by atoms with Crippen LogP contribution in [-0.2, 0) is 4.74 Å². The Hall–Kier alpha value is -0.850. The van der Waals surface area contributed by atoms with Crippen molar-refractivity contribution in [1.29, 1.82) is 0 Å². The number of nitrogens with one attached hydrogen (secondary N) is 2. The maximum Gasteiger partial charge on any atom is 0.191 e. The van der Waals surface area contributed by atoms with Gasteiger partial charge >= 0.3 is 0 Å². The van der Waals surface area contributed by atoms with Gasteiger partial charge < -0.3 is 20.3 Å². The molecule has 0 aliphatic carbocycles. The molecule has 0 radical (unpaired) electrons. The first-order valence-corrected chi connectivity index (χ1v) is 10.7. The molecule has 0 spiro atoms. The fourth-order valence-corrected chi connectivity index (χ4v) is 4.07. The van der Waals surface area contributed by atoms with Crippen molar-refractivity contribution < 1.29 is 4.74 Å². The van der Waals surface area contributed by atoms with Gasteiger partial charge in [0.2, 0.25) is 0 Å². The Morgan fingerprint density at radius 2 is 1.77 bits per heavy atom. The second-order valence-electron chi connectivity index (χ2n) is 7.75. The SMILES string of the molecule is CCNC(=NCC1(N2CCCCC2)CCN(C)CC1)NCCCOCC. The molecule has 6 heteroatoms. The number of nitrogens with zero attached hydrogens (tertiary/aromatic N) is 3. The average Bonchev–Trinajstić information content (AvgIpc) is 2.68. The van der Waals surface area contributed by atoms with E-state index in [1.54, 1.807) is 0 Å². The Morgan fingerprint density at radius 1 is 1.04 bits per heavy atom. The lowest BCUT2D eigenvalue weighted by atomic mass is 9.84. The number of aliphatic imine (C=N–C) groups is 1. The molecule has 2 rings (SSSR count). The highest BCUT2D eigenvalue weighted by Gasteiger charge is 2.39. The molecular formula is C20H41N5O. The summed E-state index contributed by atoms with van der Waals surface area (Å²) in [6, 6.07) is 0. The van der Waals surface area contributed by atoms with Crippen molar-refractivity contribution in [2.24, 2.45) is 4.99 Å². The van der Waals surface area contributed by atoms with Crippen LogP contribution in [0.4, 0.5) is 0 Å². The molecule has 26 heavy (non-hydrogen) atoms. The van der Waals surface area contributed by atoms with Gasteiger partial charge in [-0.2, -0.15) is 0 Å². The minimum absolute atomic E-state index is 0.251. The van der Waals surface area contributed by atoms with Crippen molar-refractivity contribution in [3.8, 4) is 0 Å². The zero-order valence-corrected chi connectivity index (χ0v) is 17.4. The summed E-state index contributed by atoms with van der Waals surface area (Å²) in [5, 5.41) is 6.89. The molecule has 0 saturated carbocycles. The first-order chi connectivity index (χ1) is 12.7. The van der Waals surface area contributed by atoms with Crippen molar-refractivity contribution >= 4 is 5.96 Å². The minimum atomic E-state index is 0.251. The lowest BCUT2D eigenvalue weighted by molar-refractivity contribution is 0.0208. The van der Waals surface area contributed by atoms with Gasteiger partial charge in [0.25, 0.3) is 0 Å². The van der Waals surface area contributed by atoms with Crippen molar-refractivity contribution in [2.75, 3.05) is 66.1 Å². The van der Waals surface area contributed by atoms with Crippen LogP contribution in [0.25, 0.3) is 0 Å². The largest absolute Gasteiger partial charge is 0.382 e. The van der Waals surface area contributed by atoms with Gasteiger partial charge in [-0.25, -0.2) is 0 Å². The number of ether oxygens (including phenoxy) is 1. The molecule has 2 N–H and O–H groups in total. The molecule has 0 bridgehead atoms. The van der Waals surface area contributed by atoms with Crippen LogP contribution in [0, 0.1) is 0 Å². The molecule has 0 aromatic carbocycles. The number of rotatable bonds is 9. The average molecular weight is 368 g/mol. The van der Waals surface area contributed by atoms with Crippen LogP contribution in [0.3, 0.4) is 0 Å². The zero-order chi connectivity index (χ0) is 18.7. The van der Waals surface area contributed by atoms with E-state index in [4.69, 9.17) is 9.73 Å². The lowest BCUT2D eigenvalue weighted by Crippen LogP contribution is -2.58. The van der Waals surface area contributed by atoms with Crippen molar-refractivity contribution in [2.45, 2.75) is 57.9 Å². The Balaban J connectivity index is 1.96. The van der Waals surface area contributed by atoms with Gasteiger partial charge in [0.1, 0.15) is 0 Å². The summed E-state index contributed by atoms with van der Waals surface area (Å²) < 4.78 is 5.42. The first-order valence-electron chi connectivity index (χ1n) is 10.7. The fraction of sp³-hybridized carbons (Fsp3) is 0.950. The van der Waals surface area contributed by atoms with Crippen LogP contribution in [-0.4, -0.2) is 87.4 Å². The summed E-state index contributed by atoms with van der Waals surface area (Å²) in [5.74, 6) is 0.958. The molecule has 0 atom stereocenters. The first kappa shape index (κ1) is 21.5. The highest BCUT2D eigenvalue weighted by molar-refractivity contribution is 5.79. The third-order valence-electron chi connectivity index (χ3n) is 5.78. The molecule has 6 nitrogen and oxygen atoms in total. The van der Waals surface area contributed by atoms with E-state index < -0.39 is 0 Å². The van der Waals surface area contributed by atoms with Gasteiger partial charge in [-0.3, -0.25) is 9.89 Å². The van der Waals surface area contributed by atoms with Gasteiger partial charge in [-0.05, 0) is 79.2 Å². The predicted octanol–water partition coefficient (Wildman–Crippen LogP) is 1.92. The van der Waals surface area contributed by atoms with Crippen LogP contribution in [0.5, 0.6) is 0 Å². The zero-order valence-electron chi connectivity index (χ0n) is 17.4. The minimum Gasteiger partial charge on any atom is -0.382 e. The summed E-state index contributed by atoms with van der Waals surface area (Å²) in [4.78, 5) is 10.2. The van der Waals surface area contributed by atoms with Crippen molar-refractivity contribution in [1.82, 2.24) is 20.4 Å². The molecule has 2 fully saturated rings. The van der Waals surface area contributed by atoms with Gasteiger partial charge in [-0.1, -0.05) is 6.42 Å². The maximum absolute atomic E-state index is 5.42. The summed E-state index contributed by atoms with van der Waals surface area (Å²) in [6.45, 7) is 13.4. The van der Waals surface area contributed by atoms with E-state index in [9.17, 15) is 0 Å². The van der Waals surface area contributed by atoms with Crippen LogP contribution in [0.15, 0.2) is 4.99 Å². The molecular weight excluding hydrogens is 326 g/mol. The summed E-state index contributed by atoms with van der Waals surface area (Å²) >= 11 is 0. The van der Waals surface area contributed by atoms with Crippen molar-refractivity contribution in [3.05, 3.63) is 0 Å². The Bertz CT molecular complexity index is 401. The number of hydrogen-bond donors (Lipinski definition) is 2. The third kappa shape index (κ3) is 6.71. The van der Waals surface area contributed by atoms with E-state index in [0.717, 1.165) is 45.2 Å². The van der Waals surface area contributed by atoms with E-state index in [-0.39, 0.29) is 5.54 Å². The summed E-state index contributed by atoms with van der Waals surface area (Å²) in [6.07, 6.45) is 7.56. The van der Waals surface area contributed by atoms with Crippen LogP contribution in [0.1, 0.15) is 52.4 Å². The van der Waals surface area contributed by atoms with E-state index in [2.05, 4.69) is 34.4 Å². The molecule has 152 valence electrons. The van der Waals surface area contributed by atoms with E-state index in [1.165, 1.54) is 58.3 Å². The second kappa shape index (κ2) is 11.8. The number of hydrogen-bond acceptors (Lipinski definition) is 4. The Morgan fingerprint density at radius 3 is 2.42 bits per heavy atom. The molecule has 2 aliphatic heterocycles. The lowest BCUT2D eigenvalue weighted by Gasteiger charge is -2.49. The molecule has 0 amide bonds.